The maximum Gasteiger partial charge on any atom is 0.300 e. The summed E-state index contributed by atoms with van der Waals surface area (Å²) in [4.78, 5) is 28.0. The monoisotopic (exact) mass is 527 g/mol. The van der Waals surface area contributed by atoms with Crippen molar-refractivity contribution in [2.45, 2.75) is 6.04 Å². The number of ether oxygens (including phenoxy) is 2. The fourth-order valence-corrected chi connectivity index (χ4v) is 4.53. The lowest BCUT2D eigenvalue weighted by Gasteiger charge is -2.25. The van der Waals surface area contributed by atoms with E-state index in [1.807, 2.05) is 30.3 Å². The van der Waals surface area contributed by atoms with Crippen LogP contribution in [0.4, 0.5) is 5.69 Å². The van der Waals surface area contributed by atoms with Gasteiger partial charge in [-0.2, -0.15) is 0 Å². The third kappa shape index (κ3) is 4.67. The van der Waals surface area contributed by atoms with Gasteiger partial charge in [0.05, 0.1) is 23.7 Å². The molecule has 0 saturated carbocycles. The minimum absolute atomic E-state index is 0.0237. The number of nitrogens with zero attached hydrogens (tertiary/aromatic N) is 1. The Kier molecular flexibility index (Phi) is 6.77. The first-order valence-corrected chi connectivity index (χ1v) is 12.0. The van der Waals surface area contributed by atoms with Gasteiger partial charge in [0, 0.05) is 11.3 Å². The summed E-state index contributed by atoms with van der Waals surface area (Å²) in [6.07, 6.45) is 0. The molecule has 1 fully saturated rings. The van der Waals surface area contributed by atoms with Gasteiger partial charge in [-0.15, -0.1) is 0 Å². The van der Waals surface area contributed by atoms with E-state index < -0.39 is 17.7 Å². The molecule has 0 spiro atoms. The molecule has 38 heavy (non-hydrogen) atoms. The quantitative estimate of drug-likeness (QED) is 0.169. The fourth-order valence-electron chi connectivity index (χ4n) is 4.33. The highest BCUT2D eigenvalue weighted by molar-refractivity contribution is 6.51. The van der Waals surface area contributed by atoms with Crippen molar-refractivity contribution in [3.63, 3.8) is 0 Å². The number of aromatic hydroxyl groups is 1. The molecule has 1 aliphatic heterocycles. The number of aliphatic hydroxyl groups excluding tert-OH is 1. The van der Waals surface area contributed by atoms with E-state index in [2.05, 4.69) is 0 Å². The molecule has 0 bridgehead atoms. The third-order valence-corrected chi connectivity index (χ3v) is 6.48. The van der Waals surface area contributed by atoms with Crippen molar-refractivity contribution in [1.29, 1.82) is 0 Å². The number of hydrogen-bond acceptors (Lipinski definition) is 6. The summed E-state index contributed by atoms with van der Waals surface area (Å²) in [6, 6.07) is 25.7. The number of halogens is 1. The van der Waals surface area contributed by atoms with Crippen molar-refractivity contribution in [3.8, 4) is 23.0 Å². The van der Waals surface area contributed by atoms with Crippen molar-refractivity contribution in [2.24, 2.45) is 0 Å². The van der Waals surface area contributed by atoms with E-state index in [0.717, 1.165) is 0 Å². The summed E-state index contributed by atoms with van der Waals surface area (Å²) < 4.78 is 11.1. The van der Waals surface area contributed by atoms with E-state index in [0.29, 0.717) is 33.5 Å². The fraction of sp³-hybridized carbons (Fsp3) is 0.0667. The summed E-state index contributed by atoms with van der Waals surface area (Å²) in [7, 11) is 1.44. The molecule has 1 saturated heterocycles. The number of phenolic OH excluding ortho intramolecular Hbond substituents is 1. The van der Waals surface area contributed by atoms with Crippen LogP contribution in [0.2, 0.25) is 5.02 Å². The highest BCUT2D eigenvalue weighted by Crippen LogP contribution is 2.43. The van der Waals surface area contributed by atoms with Gasteiger partial charge in [0.15, 0.2) is 0 Å². The highest BCUT2D eigenvalue weighted by Gasteiger charge is 2.47. The number of aliphatic hydroxyl groups is 1. The number of anilines is 1. The predicted octanol–water partition coefficient (Wildman–Crippen LogP) is 6.47. The topological polar surface area (TPSA) is 96.3 Å². The summed E-state index contributed by atoms with van der Waals surface area (Å²) >= 11 is 6.13. The second kappa shape index (κ2) is 10.3. The molecule has 8 heteroatoms. The van der Waals surface area contributed by atoms with Crippen LogP contribution in [0.5, 0.6) is 23.0 Å². The van der Waals surface area contributed by atoms with E-state index in [1.165, 1.54) is 42.3 Å². The molecule has 1 aliphatic rings. The molecular formula is C30H22ClNO6. The molecule has 7 nitrogen and oxygen atoms in total. The maximum absolute atomic E-state index is 13.4. The zero-order valence-corrected chi connectivity index (χ0v) is 20.9. The van der Waals surface area contributed by atoms with Crippen LogP contribution in [-0.2, 0) is 9.59 Å². The standard InChI is InChI=1S/C30H22ClNO6/c1-37-25-17-19(9-16-24(25)31)28(34)26-27(18-7-12-21(33)13-8-18)32(30(36)29(26)35)20-10-14-23(15-11-20)38-22-5-3-2-4-6-22/h2-17,27,33-34H,1H3/b28-26-. The predicted molar refractivity (Wildman–Crippen MR) is 144 cm³/mol. The number of methoxy groups -OCH3 is 1. The SMILES string of the molecule is COc1cc(/C(O)=C2/C(=O)C(=O)N(c3ccc(Oc4ccccc4)cc3)C2c2ccc(O)cc2)ccc1Cl. The summed E-state index contributed by atoms with van der Waals surface area (Å²) in [5.41, 5.74) is 1.11. The molecule has 1 unspecified atom stereocenters. The number of phenols is 1. The Morgan fingerprint density at radius 2 is 1.53 bits per heavy atom. The number of para-hydroxylation sites is 1. The highest BCUT2D eigenvalue weighted by atomic mass is 35.5. The molecule has 0 radical (unpaired) electrons. The number of benzene rings is 4. The van der Waals surface area contributed by atoms with Crippen LogP contribution in [0.15, 0.2) is 103 Å². The van der Waals surface area contributed by atoms with Gasteiger partial charge in [-0.25, -0.2) is 0 Å². The molecule has 1 atom stereocenters. The number of ketones is 1. The maximum atomic E-state index is 13.4. The van der Waals surface area contributed by atoms with Crippen LogP contribution < -0.4 is 14.4 Å². The summed E-state index contributed by atoms with van der Waals surface area (Å²) in [5, 5.41) is 21.4. The first kappa shape index (κ1) is 24.9. The number of rotatable bonds is 6. The van der Waals surface area contributed by atoms with E-state index in [-0.39, 0.29) is 22.6 Å². The summed E-state index contributed by atoms with van der Waals surface area (Å²) in [5.74, 6) is -0.492. The number of amides is 1. The second-order valence-corrected chi connectivity index (χ2v) is 8.93. The molecule has 2 N–H and O–H groups in total. The molecule has 1 amide bonds. The van der Waals surface area contributed by atoms with Crippen LogP contribution in [0.3, 0.4) is 0 Å². The molecule has 0 aromatic heterocycles. The molecule has 1 heterocycles. The number of carbonyl (C=O) groups excluding carboxylic acids is 2. The molecule has 190 valence electrons. The average molecular weight is 528 g/mol. The Morgan fingerprint density at radius 1 is 0.868 bits per heavy atom. The average Bonchev–Trinajstić information content (AvgIpc) is 3.20. The number of hydrogen-bond donors (Lipinski definition) is 2. The zero-order valence-electron chi connectivity index (χ0n) is 20.2. The van der Waals surface area contributed by atoms with E-state index >= 15 is 0 Å². The second-order valence-electron chi connectivity index (χ2n) is 8.52. The lowest BCUT2D eigenvalue weighted by Crippen LogP contribution is -2.29. The molecule has 4 aromatic rings. The van der Waals surface area contributed by atoms with Gasteiger partial charge >= 0.3 is 0 Å². The Bertz CT molecular complexity index is 1530. The van der Waals surface area contributed by atoms with E-state index in [9.17, 15) is 19.8 Å². The minimum Gasteiger partial charge on any atom is -0.508 e. The summed E-state index contributed by atoms with van der Waals surface area (Å²) in [6.45, 7) is 0. The molecule has 0 aliphatic carbocycles. The van der Waals surface area contributed by atoms with Gasteiger partial charge in [0.2, 0.25) is 0 Å². The van der Waals surface area contributed by atoms with Crippen molar-refractivity contribution >= 4 is 34.7 Å². The number of Topliss-reactive ketones (excluding diaryl/α,β-unsaturated/α-hetero) is 1. The largest absolute Gasteiger partial charge is 0.508 e. The molecular weight excluding hydrogens is 506 g/mol. The van der Waals surface area contributed by atoms with Crippen LogP contribution in [0.25, 0.3) is 5.76 Å². The van der Waals surface area contributed by atoms with E-state index in [4.69, 9.17) is 21.1 Å². The van der Waals surface area contributed by atoms with Crippen LogP contribution in [0, 0.1) is 0 Å². The van der Waals surface area contributed by atoms with Gasteiger partial charge < -0.3 is 19.7 Å². The van der Waals surface area contributed by atoms with Gasteiger partial charge in [0.1, 0.15) is 28.8 Å². The lowest BCUT2D eigenvalue weighted by atomic mass is 9.95. The Hall–Kier alpha value is -4.75. The van der Waals surface area contributed by atoms with Crippen molar-refractivity contribution in [1.82, 2.24) is 0 Å². The van der Waals surface area contributed by atoms with Gasteiger partial charge in [0.25, 0.3) is 11.7 Å². The first-order chi connectivity index (χ1) is 18.4. The van der Waals surface area contributed by atoms with E-state index in [1.54, 1.807) is 36.4 Å². The first-order valence-electron chi connectivity index (χ1n) is 11.6. The Morgan fingerprint density at radius 3 is 2.18 bits per heavy atom. The number of carbonyl (C=O) groups is 2. The Balaban J connectivity index is 1.60. The van der Waals surface area contributed by atoms with Crippen molar-refractivity contribution in [2.75, 3.05) is 12.0 Å². The smallest absolute Gasteiger partial charge is 0.300 e. The Labute approximate surface area is 223 Å². The zero-order chi connectivity index (χ0) is 26.8. The van der Waals surface area contributed by atoms with Gasteiger partial charge in [-0.3, -0.25) is 14.5 Å². The van der Waals surface area contributed by atoms with Gasteiger partial charge in [-0.05, 0) is 72.3 Å². The normalized spacial score (nSPS) is 16.5. The van der Waals surface area contributed by atoms with Crippen molar-refractivity contribution in [3.05, 3.63) is 119 Å². The third-order valence-electron chi connectivity index (χ3n) is 6.17. The minimum atomic E-state index is -0.960. The molecule has 5 rings (SSSR count). The van der Waals surface area contributed by atoms with Crippen LogP contribution in [-0.4, -0.2) is 29.0 Å². The van der Waals surface area contributed by atoms with Crippen molar-refractivity contribution < 1.29 is 29.3 Å². The van der Waals surface area contributed by atoms with Crippen LogP contribution >= 0.6 is 11.6 Å². The van der Waals surface area contributed by atoms with Crippen LogP contribution in [0.1, 0.15) is 17.2 Å². The molecule has 4 aromatic carbocycles. The van der Waals surface area contributed by atoms with Gasteiger partial charge in [-0.1, -0.05) is 41.9 Å². The lowest BCUT2D eigenvalue weighted by molar-refractivity contribution is -0.132.